The van der Waals surface area contributed by atoms with Crippen molar-refractivity contribution < 1.29 is 18.9 Å². The van der Waals surface area contributed by atoms with E-state index in [0.717, 1.165) is 25.7 Å². The quantitative estimate of drug-likeness (QED) is 0.744. The molecule has 19 heavy (non-hydrogen) atoms. The molecular weight excluding hydrogens is 244 g/mol. The lowest BCUT2D eigenvalue weighted by Crippen LogP contribution is -2.52. The van der Waals surface area contributed by atoms with Crippen LogP contribution in [0.25, 0.3) is 0 Å². The molecule has 0 saturated carbocycles. The van der Waals surface area contributed by atoms with Gasteiger partial charge in [0, 0.05) is 0 Å². The summed E-state index contributed by atoms with van der Waals surface area (Å²) in [5, 5.41) is 0. The van der Waals surface area contributed by atoms with Crippen LogP contribution in [0.4, 0.5) is 0 Å². The van der Waals surface area contributed by atoms with E-state index >= 15 is 0 Å². The Hall–Kier alpha value is -0.160. The Morgan fingerprint density at radius 3 is 1.42 bits per heavy atom. The minimum atomic E-state index is -0.0779. The molecule has 0 radical (unpaired) electrons. The highest BCUT2D eigenvalue weighted by Crippen LogP contribution is 2.32. The van der Waals surface area contributed by atoms with Crippen LogP contribution in [0.3, 0.4) is 0 Å². The van der Waals surface area contributed by atoms with Crippen LogP contribution < -0.4 is 0 Å². The predicted octanol–water partition coefficient (Wildman–Crippen LogP) is 3.10. The monoisotopic (exact) mass is 272 g/mol. The maximum absolute atomic E-state index is 5.81. The third-order valence-electron chi connectivity index (χ3n) is 3.89. The number of hydrogen-bond donors (Lipinski definition) is 0. The van der Waals surface area contributed by atoms with Gasteiger partial charge in [-0.05, 0) is 25.7 Å². The summed E-state index contributed by atoms with van der Waals surface area (Å²) in [4.78, 5) is 0. The molecular formula is C15H28O4. The van der Waals surface area contributed by atoms with Crippen molar-refractivity contribution >= 4 is 0 Å². The zero-order valence-corrected chi connectivity index (χ0v) is 12.4. The molecule has 2 saturated heterocycles. The molecule has 2 aliphatic heterocycles. The maximum Gasteiger partial charge on any atom is 0.157 e. The number of rotatable bonds is 6. The van der Waals surface area contributed by atoms with Gasteiger partial charge in [-0.15, -0.1) is 0 Å². The van der Waals surface area contributed by atoms with Crippen molar-refractivity contribution in [3.8, 4) is 0 Å². The van der Waals surface area contributed by atoms with Crippen LogP contribution in [0.5, 0.6) is 0 Å². The maximum atomic E-state index is 5.81. The van der Waals surface area contributed by atoms with Crippen LogP contribution >= 0.6 is 0 Å². The van der Waals surface area contributed by atoms with E-state index in [1.165, 1.54) is 12.8 Å². The Morgan fingerprint density at radius 1 is 0.737 bits per heavy atom. The van der Waals surface area contributed by atoms with Gasteiger partial charge < -0.3 is 18.9 Å². The lowest BCUT2D eigenvalue weighted by atomic mass is 9.90. The summed E-state index contributed by atoms with van der Waals surface area (Å²) in [5.41, 5.74) is -0.0779. The van der Waals surface area contributed by atoms with E-state index in [0.29, 0.717) is 26.4 Å². The van der Waals surface area contributed by atoms with E-state index in [4.69, 9.17) is 18.9 Å². The van der Waals surface area contributed by atoms with Gasteiger partial charge in [-0.1, -0.05) is 26.7 Å². The van der Waals surface area contributed by atoms with Gasteiger partial charge >= 0.3 is 0 Å². The first kappa shape index (κ1) is 15.2. The van der Waals surface area contributed by atoms with Gasteiger partial charge in [0.05, 0.1) is 31.8 Å². The van der Waals surface area contributed by atoms with E-state index in [9.17, 15) is 0 Å². The van der Waals surface area contributed by atoms with Crippen molar-refractivity contribution in [2.75, 3.05) is 26.4 Å². The highest BCUT2D eigenvalue weighted by molar-refractivity contribution is 4.84. The third kappa shape index (κ3) is 4.42. The summed E-state index contributed by atoms with van der Waals surface area (Å²) in [5.74, 6) is 0. The van der Waals surface area contributed by atoms with Gasteiger partial charge in [0.25, 0.3) is 0 Å². The lowest BCUT2D eigenvalue weighted by molar-refractivity contribution is -0.304. The Balaban J connectivity index is 1.69. The zero-order valence-electron chi connectivity index (χ0n) is 12.4. The summed E-state index contributed by atoms with van der Waals surface area (Å²) in [7, 11) is 0. The third-order valence-corrected chi connectivity index (χ3v) is 3.89. The molecule has 0 aromatic rings. The molecule has 0 aromatic heterocycles. The van der Waals surface area contributed by atoms with Crippen molar-refractivity contribution in [2.24, 2.45) is 5.41 Å². The summed E-state index contributed by atoms with van der Waals surface area (Å²) in [6.45, 7) is 7.15. The average molecular weight is 272 g/mol. The summed E-state index contributed by atoms with van der Waals surface area (Å²) < 4.78 is 23.2. The van der Waals surface area contributed by atoms with E-state index in [1.54, 1.807) is 0 Å². The SMILES string of the molecule is CCCCC1OCC2(CO1)COC(CCCC)OC2. The Morgan fingerprint density at radius 2 is 1.11 bits per heavy atom. The first-order valence-electron chi connectivity index (χ1n) is 7.74. The summed E-state index contributed by atoms with van der Waals surface area (Å²) >= 11 is 0. The summed E-state index contributed by atoms with van der Waals surface area (Å²) in [6.07, 6.45) is 6.61. The second-order valence-electron chi connectivity index (χ2n) is 5.89. The van der Waals surface area contributed by atoms with Gasteiger partial charge in [-0.25, -0.2) is 0 Å². The van der Waals surface area contributed by atoms with Crippen LogP contribution in [0.2, 0.25) is 0 Å². The van der Waals surface area contributed by atoms with Crippen molar-refractivity contribution in [1.82, 2.24) is 0 Å². The van der Waals surface area contributed by atoms with Gasteiger partial charge in [-0.2, -0.15) is 0 Å². The molecule has 0 amide bonds. The molecule has 0 aliphatic carbocycles. The van der Waals surface area contributed by atoms with E-state index in [2.05, 4.69) is 13.8 Å². The second kappa shape index (κ2) is 7.58. The van der Waals surface area contributed by atoms with Crippen LogP contribution in [-0.2, 0) is 18.9 Å². The number of ether oxygens (including phenoxy) is 4. The van der Waals surface area contributed by atoms with Crippen LogP contribution in [-0.4, -0.2) is 39.0 Å². The minimum absolute atomic E-state index is 0.0246. The molecule has 112 valence electrons. The smallest absolute Gasteiger partial charge is 0.157 e. The molecule has 0 N–H and O–H groups in total. The molecule has 0 atom stereocenters. The van der Waals surface area contributed by atoms with Crippen molar-refractivity contribution in [1.29, 1.82) is 0 Å². The number of unbranched alkanes of at least 4 members (excludes halogenated alkanes) is 2. The van der Waals surface area contributed by atoms with E-state index in [-0.39, 0.29) is 18.0 Å². The predicted molar refractivity (Wildman–Crippen MR) is 72.9 cm³/mol. The lowest BCUT2D eigenvalue weighted by Gasteiger charge is -2.43. The highest BCUT2D eigenvalue weighted by atomic mass is 16.7. The van der Waals surface area contributed by atoms with Gasteiger partial charge in [-0.3, -0.25) is 0 Å². The highest BCUT2D eigenvalue weighted by Gasteiger charge is 2.41. The normalized spacial score (nSPS) is 35.7. The molecule has 0 bridgehead atoms. The first-order valence-corrected chi connectivity index (χ1v) is 7.74. The second-order valence-corrected chi connectivity index (χ2v) is 5.89. The largest absolute Gasteiger partial charge is 0.352 e. The van der Waals surface area contributed by atoms with E-state index < -0.39 is 0 Å². The van der Waals surface area contributed by atoms with Gasteiger partial charge in [0.15, 0.2) is 12.6 Å². The molecule has 2 fully saturated rings. The topological polar surface area (TPSA) is 36.9 Å². The molecule has 0 aromatic carbocycles. The van der Waals surface area contributed by atoms with Crippen molar-refractivity contribution in [3.63, 3.8) is 0 Å². The Kier molecular flexibility index (Phi) is 6.07. The van der Waals surface area contributed by atoms with E-state index in [1.807, 2.05) is 0 Å². The Bertz CT molecular complexity index is 211. The van der Waals surface area contributed by atoms with Crippen LogP contribution in [0.1, 0.15) is 52.4 Å². The van der Waals surface area contributed by atoms with Gasteiger partial charge in [0.2, 0.25) is 0 Å². The van der Waals surface area contributed by atoms with Gasteiger partial charge in [0.1, 0.15) is 0 Å². The molecule has 2 heterocycles. The number of hydrogen-bond acceptors (Lipinski definition) is 4. The molecule has 0 unspecified atom stereocenters. The summed E-state index contributed by atoms with van der Waals surface area (Å²) in [6, 6.07) is 0. The fraction of sp³-hybridized carbons (Fsp3) is 1.00. The Labute approximate surface area is 116 Å². The van der Waals surface area contributed by atoms with Crippen molar-refractivity contribution in [3.05, 3.63) is 0 Å². The molecule has 2 rings (SSSR count). The fourth-order valence-corrected chi connectivity index (χ4v) is 2.50. The zero-order chi connectivity index (χ0) is 13.6. The standard InChI is InChI=1S/C15H28O4/c1-3-5-7-13-16-9-15(10-17-13)11-18-14(19-12-15)8-6-4-2/h13-14H,3-12H2,1-2H3. The molecule has 4 heteroatoms. The fourth-order valence-electron chi connectivity index (χ4n) is 2.50. The van der Waals surface area contributed by atoms with Crippen molar-refractivity contribution in [2.45, 2.75) is 65.0 Å². The molecule has 4 nitrogen and oxygen atoms in total. The minimum Gasteiger partial charge on any atom is -0.352 e. The molecule has 2 aliphatic rings. The average Bonchev–Trinajstić information content (AvgIpc) is 2.46. The van der Waals surface area contributed by atoms with Crippen LogP contribution in [0, 0.1) is 5.41 Å². The van der Waals surface area contributed by atoms with Crippen LogP contribution in [0.15, 0.2) is 0 Å². The molecule has 1 spiro atoms. The first-order chi connectivity index (χ1) is 9.28.